The first-order valence-corrected chi connectivity index (χ1v) is 5.79. The zero-order valence-corrected chi connectivity index (χ0v) is 10.8. The van der Waals surface area contributed by atoms with Crippen LogP contribution in [0.2, 0.25) is 0 Å². The van der Waals surface area contributed by atoms with Crippen molar-refractivity contribution in [2.24, 2.45) is 5.73 Å². The summed E-state index contributed by atoms with van der Waals surface area (Å²) in [7, 11) is 0. The molecule has 0 aliphatic carbocycles. The van der Waals surface area contributed by atoms with Crippen LogP contribution in [0.3, 0.4) is 0 Å². The molecule has 0 aliphatic heterocycles. The van der Waals surface area contributed by atoms with E-state index in [9.17, 15) is 0 Å². The van der Waals surface area contributed by atoms with Crippen molar-refractivity contribution in [2.75, 3.05) is 6.61 Å². The summed E-state index contributed by atoms with van der Waals surface area (Å²) in [6.45, 7) is 4.19. The average molecular weight is 260 g/mol. The van der Waals surface area contributed by atoms with E-state index in [1.165, 1.54) is 5.54 Å². The van der Waals surface area contributed by atoms with Crippen LogP contribution in [0.1, 0.15) is 24.1 Å². The van der Waals surface area contributed by atoms with Gasteiger partial charge in [0.15, 0.2) is 0 Å². The fourth-order valence-corrected chi connectivity index (χ4v) is 1.45. The number of ether oxygens (including phenoxy) is 1. The Morgan fingerprint density at radius 3 is 2.81 bits per heavy atom. The molecule has 0 radical (unpaired) electrons. The van der Waals surface area contributed by atoms with Gasteiger partial charge in [-0.2, -0.15) is 0 Å². The van der Waals surface area contributed by atoms with Crippen molar-refractivity contribution in [1.82, 2.24) is 0 Å². The number of benzene rings is 1. The van der Waals surface area contributed by atoms with Gasteiger partial charge >= 0.3 is 0 Å². The van der Waals surface area contributed by atoms with E-state index in [-0.39, 0.29) is 12.6 Å². The van der Waals surface area contributed by atoms with E-state index in [4.69, 9.17) is 33.7 Å². The quantitative estimate of drug-likeness (QED) is 0.895. The fraction of sp³-hybridized carbons (Fsp3) is 0.333. The van der Waals surface area contributed by atoms with Crippen LogP contribution < -0.4 is 10.5 Å². The van der Waals surface area contributed by atoms with Gasteiger partial charge in [0.1, 0.15) is 12.4 Å². The fourth-order valence-electron chi connectivity index (χ4n) is 1.33. The van der Waals surface area contributed by atoms with E-state index < -0.39 is 0 Å². The van der Waals surface area contributed by atoms with E-state index in [0.29, 0.717) is 5.03 Å². The monoisotopic (exact) mass is 259 g/mol. The average Bonchev–Trinajstić information content (AvgIpc) is 2.26. The molecule has 0 saturated heterocycles. The van der Waals surface area contributed by atoms with Gasteiger partial charge in [-0.05, 0) is 19.9 Å². The van der Waals surface area contributed by atoms with Crippen molar-refractivity contribution < 1.29 is 4.74 Å². The summed E-state index contributed by atoms with van der Waals surface area (Å²) in [5.41, 5.74) is 9.28. The standard InChI is InChI=1S/C12H15Cl2NO/c1-8-3-4-12(11(5-8)9(2)15)16-7-10(14)6-13/h3-6,9H,7,15H2,1-2H3. The molecule has 1 aromatic carbocycles. The van der Waals surface area contributed by atoms with Crippen molar-refractivity contribution in [3.05, 3.63) is 39.9 Å². The first-order chi connectivity index (χ1) is 7.54. The molecule has 1 unspecified atom stereocenters. The number of hydrogen-bond acceptors (Lipinski definition) is 2. The molecule has 0 bridgehead atoms. The Morgan fingerprint density at radius 2 is 2.25 bits per heavy atom. The van der Waals surface area contributed by atoms with Crippen LogP contribution in [0.5, 0.6) is 5.75 Å². The Bertz CT molecular complexity index is 389. The van der Waals surface area contributed by atoms with E-state index in [2.05, 4.69) is 0 Å². The highest BCUT2D eigenvalue weighted by Crippen LogP contribution is 2.25. The molecule has 0 amide bonds. The maximum Gasteiger partial charge on any atom is 0.125 e. The second kappa shape index (κ2) is 6.14. The van der Waals surface area contributed by atoms with E-state index in [0.717, 1.165) is 16.9 Å². The highest BCUT2D eigenvalue weighted by Gasteiger charge is 2.08. The smallest absolute Gasteiger partial charge is 0.125 e. The number of aryl methyl sites for hydroxylation is 1. The molecule has 1 atom stereocenters. The van der Waals surface area contributed by atoms with E-state index >= 15 is 0 Å². The van der Waals surface area contributed by atoms with Gasteiger partial charge in [-0.3, -0.25) is 0 Å². The Labute approximate surface area is 106 Å². The first kappa shape index (κ1) is 13.4. The largest absolute Gasteiger partial charge is 0.488 e. The second-order valence-corrected chi connectivity index (χ2v) is 4.38. The highest BCUT2D eigenvalue weighted by molar-refractivity contribution is 6.36. The van der Waals surface area contributed by atoms with E-state index in [1.807, 2.05) is 32.0 Å². The zero-order chi connectivity index (χ0) is 12.1. The topological polar surface area (TPSA) is 35.2 Å². The Hall–Kier alpha value is -0.700. The van der Waals surface area contributed by atoms with Crippen molar-refractivity contribution in [3.63, 3.8) is 0 Å². The van der Waals surface area contributed by atoms with Crippen LogP contribution in [-0.2, 0) is 0 Å². The number of rotatable bonds is 4. The third-order valence-electron chi connectivity index (χ3n) is 2.14. The van der Waals surface area contributed by atoms with Crippen molar-refractivity contribution in [1.29, 1.82) is 0 Å². The van der Waals surface area contributed by atoms with Crippen molar-refractivity contribution in [2.45, 2.75) is 19.9 Å². The summed E-state index contributed by atoms with van der Waals surface area (Å²) in [5.74, 6) is 0.747. The number of nitrogens with two attached hydrogens (primary N) is 1. The van der Waals surface area contributed by atoms with Gasteiger partial charge in [0.2, 0.25) is 0 Å². The maximum absolute atomic E-state index is 5.87. The minimum absolute atomic E-state index is 0.0753. The summed E-state index contributed by atoms with van der Waals surface area (Å²) < 4.78 is 5.54. The van der Waals surface area contributed by atoms with Gasteiger partial charge in [0.25, 0.3) is 0 Å². The third-order valence-corrected chi connectivity index (χ3v) is 2.73. The zero-order valence-electron chi connectivity index (χ0n) is 9.34. The maximum atomic E-state index is 5.87. The van der Waals surface area contributed by atoms with Gasteiger partial charge in [-0.15, -0.1) is 0 Å². The van der Waals surface area contributed by atoms with Crippen LogP contribution in [0.25, 0.3) is 0 Å². The van der Waals surface area contributed by atoms with Crippen LogP contribution in [-0.4, -0.2) is 6.61 Å². The Balaban J connectivity index is 2.87. The van der Waals surface area contributed by atoms with Crippen LogP contribution >= 0.6 is 23.2 Å². The molecule has 0 saturated carbocycles. The van der Waals surface area contributed by atoms with Crippen molar-refractivity contribution >= 4 is 23.2 Å². The lowest BCUT2D eigenvalue weighted by atomic mass is 10.1. The lowest BCUT2D eigenvalue weighted by Crippen LogP contribution is -2.09. The predicted molar refractivity (Wildman–Crippen MR) is 69.1 cm³/mol. The summed E-state index contributed by atoms with van der Waals surface area (Å²) in [6.07, 6.45) is 0. The molecule has 88 valence electrons. The van der Waals surface area contributed by atoms with Crippen LogP contribution in [0.15, 0.2) is 28.8 Å². The van der Waals surface area contributed by atoms with Gasteiger partial charge in [-0.25, -0.2) is 0 Å². The van der Waals surface area contributed by atoms with Gasteiger partial charge < -0.3 is 10.5 Å². The second-order valence-electron chi connectivity index (χ2n) is 3.67. The normalized spacial score (nSPS) is 13.7. The van der Waals surface area contributed by atoms with Gasteiger partial charge in [0, 0.05) is 17.1 Å². The molecule has 4 heteroatoms. The lowest BCUT2D eigenvalue weighted by molar-refractivity contribution is 0.353. The molecular formula is C12H15Cl2NO. The van der Waals surface area contributed by atoms with Gasteiger partial charge in [0.05, 0.1) is 5.03 Å². The van der Waals surface area contributed by atoms with Gasteiger partial charge in [-0.1, -0.05) is 40.9 Å². The summed E-state index contributed by atoms with van der Waals surface area (Å²) in [4.78, 5) is 0. The molecule has 2 N–H and O–H groups in total. The van der Waals surface area contributed by atoms with Crippen LogP contribution in [0.4, 0.5) is 0 Å². The molecule has 1 rings (SSSR count). The first-order valence-electron chi connectivity index (χ1n) is 4.98. The molecule has 1 aromatic rings. The Morgan fingerprint density at radius 1 is 1.56 bits per heavy atom. The number of halogens is 2. The lowest BCUT2D eigenvalue weighted by Gasteiger charge is -2.14. The highest BCUT2D eigenvalue weighted by atomic mass is 35.5. The molecule has 0 aliphatic rings. The molecular weight excluding hydrogens is 245 g/mol. The molecule has 16 heavy (non-hydrogen) atoms. The summed E-state index contributed by atoms with van der Waals surface area (Å²) in [6, 6.07) is 5.80. The number of hydrogen-bond donors (Lipinski definition) is 1. The minimum Gasteiger partial charge on any atom is -0.488 e. The Kier molecular flexibility index (Phi) is 5.13. The molecule has 0 fully saturated rings. The van der Waals surface area contributed by atoms with Crippen LogP contribution in [0, 0.1) is 6.92 Å². The minimum atomic E-state index is -0.0753. The third kappa shape index (κ3) is 3.71. The molecule has 0 spiro atoms. The molecule has 2 nitrogen and oxygen atoms in total. The predicted octanol–water partition coefficient (Wildman–Crippen LogP) is 3.71. The summed E-state index contributed by atoms with van der Waals surface area (Å²) in [5, 5.41) is 0.456. The van der Waals surface area contributed by atoms with Crippen molar-refractivity contribution in [3.8, 4) is 5.75 Å². The summed E-state index contributed by atoms with van der Waals surface area (Å²) >= 11 is 11.2. The van der Waals surface area contributed by atoms with E-state index in [1.54, 1.807) is 0 Å². The molecule has 0 aromatic heterocycles. The SMILES string of the molecule is Cc1ccc(OCC(Cl)=CCl)c(C(C)N)c1. The molecule has 0 heterocycles.